The molecular weight excluding hydrogens is 404 g/mol. The third kappa shape index (κ3) is 5.10. The van der Waals surface area contributed by atoms with E-state index in [1.165, 1.54) is 22.3 Å². The zero-order valence-corrected chi connectivity index (χ0v) is 23.1. The van der Waals surface area contributed by atoms with Gasteiger partial charge in [0.2, 0.25) is 0 Å². The Bertz CT molecular complexity index is 1030. The first-order valence-corrected chi connectivity index (χ1v) is 12.6. The molecule has 2 unspecified atom stereocenters. The number of aromatic hydroxyl groups is 1. The lowest BCUT2D eigenvalue weighted by Gasteiger charge is -2.39. The number of phenolic OH excluding ortho intramolecular Hbond substituents is 1. The minimum atomic E-state index is -0.205. The fraction of sp³-hybridized carbons (Fsp3) is 0.613. The van der Waals surface area contributed by atoms with E-state index in [1.807, 2.05) is 0 Å². The van der Waals surface area contributed by atoms with Crippen molar-refractivity contribution in [3.05, 3.63) is 57.6 Å². The monoisotopic (exact) mass is 450 g/mol. The second kappa shape index (κ2) is 8.36. The van der Waals surface area contributed by atoms with Crippen LogP contribution in [0.4, 0.5) is 0 Å². The Morgan fingerprint density at radius 2 is 1.55 bits per heavy atom. The zero-order valence-electron chi connectivity index (χ0n) is 23.1. The van der Waals surface area contributed by atoms with Gasteiger partial charge in [0.1, 0.15) is 17.1 Å². The normalized spacial score (nSPS) is 19.2. The van der Waals surface area contributed by atoms with Crippen LogP contribution in [-0.2, 0) is 10.8 Å². The molecule has 1 heterocycles. The minimum absolute atomic E-state index is 0.0109. The maximum atomic E-state index is 11.7. The summed E-state index contributed by atoms with van der Waals surface area (Å²) in [5.74, 6) is 2.25. The van der Waals surface area contributed by atoms with Gasteiger partial charge >= 0.3 is 0 Å². The molecule has 0 bridgehead atoms. The molecule has 33 heavy (non-hydrogen) atoms. The lowest BCUT2D eigenvalue weighted by molar-refractivity contribution is 0.0726. The number of rotatable bonds is 3. The molecule has 2 heteroatoms. The molecule has 0 amide bonds. The molecule has 0 saturated heterocycles. The van der Waals surface area contributed by atoms with Gasteiger partial charge in [0.05, 0.1) is 0 Å². The van der Waals surface area contributed by atoms with Gasteiger partial charge in [0, 0.05) is 17.0 Å². The molecule has 0 spiro atoms. The summed E-state index contributed by atoms with van der Waals surface area (Å²) >= 11 is 0. The molecule has 2 atom stereocenters. The molecule has 2 aromatic carbocycles. The second-order valence-corrected chi connectivity index (χ2v) is 13.4. The average molecular weight is 451 g/mol. The van der Waals surface area contributed by atoms with Gasteiger partial charge in [0.25, 0.3) is 0 Å². The maximum absolute atomic E-state index is 11.7. The largest absolute Gasteiger partial charge is 0.507 e. The van der Waals surface area contributed by atoms with Crippen molar-refractivity contribution in [3.8, 4) is 11.5 Å². The number of fused-ring (bicyclic) bond motifs is 1. The van der Waals surface area contributed by atoms with Crippen molar-refractivity contribution in [3.63, 3.8) is 0 Å². The van der Waals surface area contributed by atoms with E-state index in [0.29, 0.717) is 17.6 Å². The summed E-state index contributed by atoms with van der Waals surface area (Å²) in [6, 6.07) is 9.05. The van der Waals surface area contributed by atoms with Crippen LogP contribution in [-0.4, -0.2) is 10.7 Å². The van der Waals surface area contributed by atoms with E-state index in [4.69, 9.17) is 4.74 Å². The van der Waals surface area contributed by atoms with Crippen LogP contribution in [0.3, 0.4) is 0 Å². The molecule has 0 radical (unpaired) electrons. The molecule has 0 fully saturated rings. The summed E-state index contributed by atoms with van der Waals surface area (Å²) in [7, 11) is 0. The van der Waals surface area contributed by atoms with Crippen LogP contribution in [0.5, 0.6) is 11.5 Å². The SMILES string of the molecule is Cc1cc2c(c(C(c3cc(C(C)(C)C)cc(C(C)(C)C)c3O)C(C)C)c1)OC(C)(C)CC2C. The summed E-state index contributed by atoms with van der Waals surface area (Å²) in [5, 5.41) is 11.7. The molecule has 2 nitrogen and oxygen atoms in total. The van der Waals surface area contributed by atoms with Gasteiger partial charge in [-0.05, 0) is 66.5 Å². The van der Waals surface area contributed by atoms with E-state index in [9.17, 15) is 5.11 Å². The lowest BCUT2D eigenvalue weighted by atomic mass is 9.73. The Kier molecular flexibility index (Phi) is 6.50. The first-order valence-electron chi connectivity index (χ1n) is 12.6. The van der Waals surface area contributed by atoms with Gasteiger partial charge in [-0.1, -0.05) is 92.1 Å². The van der Waals surface area contributed by atoms with Crippen molar-refractivity contribution < 1.29 is 9.84 Å². The van der Waals surface area contributed by atoms with Crippen LogP contribution >= 0.6 is 0 Å². The molecule has 1 aliphatic heterocycles. The van der Waals surface area contributed by atoms with Gasteiger partial charge in [-0.3, -0.25) is 0 Å². The predicted octanol–water partition coefficient (Wildman–Crippen LogP) is 8.75. The van der Waals surface area contributed by atoms with E-state index < -0.39 is 0 Å². The van der Waals surface area contributed by atoms with E-state index in [-0.39, 0.29) is 22.3 Å². The third-order valence-electron chi connectivity index (χ3n) is 7.15. The number of benzene rings is 2. The third-order valence-corrected chi connectivity index (χ3v) is 7.15. The Labute approximate surface area is 202 Å². The van der Waals surface area contributed by atoms with E-state index in [1.54, 1.807) is 0 Å². The first kappa shape index (κ1) is 25.7. The van der Waals surface area contributed by atoms with Crippen molar-refractivity contribution in [1.82, 2.24) is 0 Å². The Morgan fingerprint density at radius 3 is 2.06 bits per heavy atom. The number of aryl methyl sites for hydroxylation is 1. The van der Waals surface area contributed by atoms with Gasteiger partial charge in [0.15, 0.2) is 0 Å². The lowest BCUT2D eigenvalue weighted by Crippen LogP contribution is -2.35. The summed E-state index contributed by atoms with van der Waals surface area (Å²) in [4.78, 5) is 0. The highest BCUT2D eigenvalue weighted by molar-refractivity contribution is 5.57. The highest BCUT2D eigenvalue weighted by atomic mass is 16.5. The zero-order chi connectivity index (χ0) is 25.1. The van der Waals surface area contributed by atoms with Crippen molar-refractivity contribution >= 4 is 0 Å². The standard InChI is InChI=1S/C31H46O2/c1-18(2)26(23-15-21(29(5,6)7)16-25(27(23)32)30(8,9)10)24-14-19(3)13-22-20(4)17-31(11,12)33-28(22)24/h13-16,18,20,26,32H,17H2,1-12H3. The van der Waals surface area contributed by atoms with E-state index >= 15 is 0 Å². The fourth-order valence-corrected chi connectivity index (χ4v) is 5.49. The molecule has 182 valence electrons. The quantitative estimate of drug-likeness (QED) is 0.506. The number of ether oxygens (including phenoxy) is 1. The van der Waals surface area contributed by atoms with Gasteiger partial charge in [-0.15, -0.1) is 0 Å². The van der Waals surface area contributed by atoms with Crippen LogP contribution in [0, 0.1) is 12.8 Å². The molecule has 0 saturated carbocycles. The van der Waals surface area contributed by atoms with Gasteiger partial charge < -0.3 is 9.84 Å². The summed E-state index contributed by atoms with van der Waals surface area (Å²) in [5.41, 5.74) is 6.71. The van der Waals surface area contributed by atoms with Gasteiger partial charge in [-0.25, -0.2) is 0 Å². The maximum Gasteiger partial charge on any atom is 0.127 e. The Hall–Kier alpha value is -1.96. The van der Waals surface area contributed by atoms with Crippen LogP contribution < -0.4 is 4.74 Å². The topological polar surface area (TPSA) is 29.5 Å². The van der Waals surface area contributed by atoms with Crippen LogP contribution in [0.1, 0.15) is 128 Å². The summed E-state index contributed by atoms with van der Waals surface area (Å²) in [6.07, 6.45) is 1.01. The van der Waals surface area contributed by atoms with Gasteiger partial charge in [-0.2, -0.15) is 0 Å². The molecule has 0 aliphatic carbocycles. The molecule has 1 aliphatic rings. The highest BCUT2D eigenvalue weighted by Crippen LogP contribution is 2.50. The Balaban J connectivity index is 2.37. The molecule has 1 N–H and O–H groups in total. The van der Waals surface area contributed by atoms with Crippen molar-refractivity contribution in [2.45, 2.75) is 118 Å². The predicted molar refractivity (Wildman–Crippen MR) is 141 cm³/mol. The summed E-state index contributed by atoms with van der Waals surface area (Å²) in [6.45, 7) is 26.7. The fourth-order valence-electron chi connectivity index (χ4n) is 5.49. The van der Waals surface area contributed by atoms with Crippen molar-refractivity contribution in [1.29, 1.82) is 0 Å². The number of phenols is 1. The average Bonchev–Trinajstić information content (AvgIpc) is 2.61. The Morgan fingerprint density at radius 1 is 0.939 bits per heavy atom. The summed E-state index contributed by atoms with van der Waals surface area (Å²) < 4.78 is 6.68. The van der Waals surface area contributed by atoms with Crippen molar-refractivity contribution in [2.75, 3.05) is 0 Å². The number of hydrogen-bond acceptors (Lipinski definition) is 2. The smallest absolute Gasteiger partial charge is 0.127 e. The first-order chi connectivity index (χ1) is 14.9. The van der Waals surface area contributed by atoms with Crippen LogP contribution in [0.2, 0.25) is 0 Å². The highest BCUT2D eigenvalue weighted by Gasteiger charge is 2.37. The van der Waals surface area contributed by atoms with E-state index in [2.05, 4.69) is 107 Å². The second-order valence-electron chi connectivity index (χ2n) is 13.4. The van der Waals surface area contributed by atoms with E-state index in [0.717, 1.165) is 23.3 Å². The van der Waals surface area contributed by atoms with Crippen LogP contribution in [0.25, 0.3) is 0 Å². The molecule has 3 rings (SSSR count). The molecule has 0 aromatic heterocycles. The molecule has 2 aromatic rings. The molecular formula is C31H46O2. The van der Waals surface area contributed by atoms with Crippen LogP contribution in [0.15, 0.2) is 24.3 Å². The minimum Gasteiger partial charge on any atom is -0.507 e. The van der Waals surface area contributed by atoms with Crippen molar-refractivity contribution in [2.24, 2.45) is 5.92 Å². The number of hydrogen-bond donors (Lipinski definition) is 1.